The molecule has 0 radical (unpaired) electrons. The number of Topliss-reactive ketones (excluding diaryl/α,β-unsaturated/α-hetero) is 2. The lowest BCUT2D eigenvalue weighted by Gasteiger charge is -2.15. The van der Waals surface area contributed by atoms with Crippen LogP contribution in [0.4, 0.5) is 0 Å². The predicted octanol–water partition coefficient (Wildman–Crippen LogP) is 2.94. The van der Waals surface area contributed by atoms with Crippen molar-refractivity contribution in [3.63, 3.8) is 0 Å². The Balaban J connectivity index is 2.63. The second-order valence-electron chi connectivity index (χ2n) is 4.25. The van der Waals surface area contributed by atoms with Crippen molar-refractivity contribution in [2.45, 2.75) is 27.2 Å². The van der Waals surface area contributed by atoms with Crippen LogP contribution in [0.15, 0.2) is 17.5 Å². The quantitative estimate of drug-likeness (QED) is 0.568. The lowest BCUT2D eigenvalue weighted by atomic mass is 9.88. The molecule has 2 nitrogen and oxygen atoms in total. The highest BCUT2D eigenvalue weighted by Gasteiger charge is 2.24. The van der Waals surface area contributed by atoms with Crippen molar-refractivity contribution in [2.75, 3.05) is 0 Å². The zero-order valence-electron chi connectivity index (χ0n) is 8.66. The highest BCUT2D eigenvalue weighted by atomic mass is 32.1. The Morgan fingerprint density at radius 1 is 1.36 bits per heavy atom. The van der Waals surface area contributed by atoms with Gasteiger partial charge in [0.15, 0.2) is 5.78 Å². The third-order valence-corrected chi connectivity index (χ3v) is 2.86. The van der Waals surface area contributed by atoms with Crippen molar-refractivity contribution in [2.24, 2.45) is 5.41 Å². The van der Waals surface area contributed by atoms with Gasteiger partial charge in [0.2, 0.25) is 0 Å². The average Bonchev–Trinajstić information content (AvgIpc) is 2.53. The Labute approximate surface area is 87.9 Å². The summed E-state index contributed by atoms with van der Waals surface area (Å²) in [6.07, 6.45) is 0.0179. The first-order valence-electron chi connectivity index (χ1n) is 4.51. The van der Waals surface area contributed by atoms with Crippen LogP contribution in [-0.4, -0.2) is 11.6 Å². The summed E-state index contributed by atoms with van der Waals surface area (Å²) in [4.78, 5) is 23.8. The summed E-state index contributed by atoms with van der Waals surface area (Å²) >= 11 is 1.38. The molecule has 1 aromatic heterocycles. The Morgan fingerprint density at radius 2 is 2.00 bits per heavy atom. The van der Waals surface area contributed by atoms with Crippen LogP contribution in [0.25, 0.3) is 0 Å². The number of hydrogen-bond donors (Lipinski definition) is 0. The van der Waals surface area contributed by atoms with Gasteiger partial charge in [-0.2, -0.15) is 0 Å². The van der Waals surface area contributed by atoms with E-state index < -0.39 is 5.41 Å². The van der Waals surface area contributed by atoms with Gasteiger partial charge in [0.1, 0.15) is 5.78 Å². The average molecular weight is 210 g/mol. The Hall–Kier alpha value is -0.960. The minimum absolute atomic E-state index is 0.00380. The molecule has 0 unspecified atom stereocenters. The van der Waals surface area contributed by atoms with Crippen LogP contribution in [0.1, 0.15) is 36.9 Å². The van der Waals surface area contributed by atoms with Crippen LogP contribution in [0, 0.1) is 5.41 Å². The largest absolute Gasteiger partial charge is 0.299 e. The molecule has 0 spiro atoms. The molecular formula is C11H14O2S. The number of carbonyl (C=O) groups excluding carboxylic acids is 2. The number of ketones is 2. The van der Waals surface area contributed by atoms with E-state index in [1.54, 1.807) is 6.07 Å². The van der Waals surface area contributed by atoms with Crippen molar-refractivity contribution >= 4 is 22.9 Å². The van der Waals surface area contributed by atoms with Crippen LogP contribution in [0.3, 0.4) is 0 Å². The molecule has 1 aromatic rings. The third-order valence-electron chi connectivity index (χ3n) is 1.95. The van der Waals surface area contributed by atoms with Gasteiger partial charge in [-0.05, 0) is 11.4 Å². The molecule has 0 aliphatic rings. The molecule has 0 N–H and O–H groups in total. The standard InChI is InChI=1S/C11H14O2S/c1-11(2,3)10(13)7-8(12)9-5-4-6-14-9/h4-6H,7H2,1-3H3. The fourth-order valence-electron chi connectivity index (χ4n) is 0.935. The number of thiophene rings is 1. The Bertz CT molecular complexity index is 331. The maximum atomic E-state index is 11.6. The second kappa shape index (κ2) is 4.05. The van der Waals surface area contributed by atoms with Gasteiger partial charge in [-0.25, -0.2) is 0 Å². The zero-order chi connectivity index (χ0) is 10.8. The topological polar surface area (TPSA) is 34.1 Å². The molecule has 0 aromatic carbocycles. The van der Waals surface area contributed by atoms with Crippen molar-refractivity contribution in [3.8, 4) is 0 Å². The van der Waals surface area contributed by atoms with E-state index in [4.69, 9.17) is 0 Å². The van der Waals surface area contributed by atoms with Gasteiger partial charge < -0.3 is 0 Å². The fraction of sp³-hybridized carbons (Fsp3) is 0.455. The van der Waals surface area contributed by atoms with Crippen LogP contribution in [0.5, 0.6) is 0 Å². The van der Waals surface area contributed by atoms with E-state index in [-0.39, 0.29) is 18.0 Å². The summed E-state index contributed by atoms with van der Waals surface area (Å²) in [6.45, 7) is 5.49. The zero-order valence-corrected chi connectivity index (χ0v) is 9.48. The Kier molecular flexibility index (Phi) is 3.21. The molecule has 0 bridgehead atoms. The molecular weight excluding hydrogens is 196 g/mol. The van der Waals surface area contributed by atoms with Gasteiger partial charge in [0, 0.05) is 5.41 Å². The second-order valence-corrected chi connectivity index (χ2v) is 5.20. The first kappa shape index (κ1) is 11.1. The number of hydrogen-bond acceptors (Lipinski definition) is 3. The van der Waals surface area contributed by atoms with Gasteiger partial charge in [-0.3, -0.25) is 9.59 Å². The van der Waals surface area contributed by atoms with E-state index in [1.165, 1.54) is 11.3 Å². The molecule has 0 amide bonds. The summed E-state index contributed by atoms with van der Waals surface area (Å²) in [5.41, 5.74) is -0.424. The summed E-state index contributed by atoms with van der Waals surface area (Å²) in [5.74, 6) is -0.0733. The van der Waals surface area contributed by atoms with E-state index in [1.807, 2.05) is 32.2 Å². The van der Waals surface area contributed by atoms with E-state index >= 15 is 0 Å². The van der Waals surface area contributed by atoms with Crippen LogP contribution in [0.2, 0.25) is 0 Å². The molecule has 14 heavy (non-hydrogen) atoms. The van der Waals surface area contributed by atoms with Crippen LogP contribution < -0.4 is 0 Å². The third kappa shape index (κ3) is 2.77. The molecule has 1 rings (SSSR count). The first-order valence-corrected chi connectivity index (χ1v) is 5.39. The predicted molar refractivity (Wildman–Crippen MR) is 57.7 cm³/mol. The SMILES string of the molecule is CC(C)(C)C(=O)CC(=O)c1cccs1. The van der Waals surface area contributed by atoms with Crippen LogP contribution >= 0.6 is 11.3 Å². The molecule has 3 heteroatoms. The normalized spacial score (nSPS) is 11.4. The van der Waals surface area contributed by atoms with Crippen molar-refractivity contribution in [1.82, 2.24) is 0 Å². The summed E-state index contributed by atoms with van der Waals surface area (Å²) < 4.78 is 0. The van der Waals surface area contributed by atoms with Crippen LogP contribution in [-0.2, 0) is 4.79 Å². The van der Waals surface area contributed by atoms with Gasteiger partial charge in [-0.15, -0.1) is 11.3 Å². The number of carbonyl (C=O) groups is 2. The monoisotopic (exact) mass is 210 g/mol. The fourth-order valence-corrected chi connectivity index (χ4v) is 1.60. The molecule has 0 atom stereocenters. The van der Waals surface area contributed by atoms with Gasteiger partial charge in [0.05, 0.1) is 11.3 Å². The molecule has 1 heterocycles. The van der Waals surface area contributed by atoms with Crippen molar-refractivity contribution in [3.05, 3.63) is 22.4 Å². The van der Waals surface area contributed by atoms with Gasteiger partial charge in [0.25, 0.3) is 0 Å². The lowest BCUT2D eigenvalue weighted by Crippen LogP contribution is -2.22. The van der Waals surface area contributed by atoms with Gasteiger partial charge >= 0.3 is 0 Å². The highest BCUT2D eigenvalue weighted by Crippen LogP contribution is 2.19. The molecule has 0 aliphatic carbocycles. The Morgan fingerprint density at radius 3 is 2.43 bits per heavy atom. The molecule has 0 fully saturated rings. The first-order chi connectivity index (χ1) is 6.41. The molecule has 0 saturated heterocycles. The smallest absolute Gasteiger partial charge is 0.180 e. The maximum absolute atomic E-state index is 11.6. The summed E-state index contributed by atoms with van der Waals surface area (Å²) in [5, 5.41) is 1.84. The van der Waals surface area contributed by atoms with Crippen molar-refractivity contribution in [1.29, 1.82) is 0 Å². The van der Waals surface area contributed by atoms with Crippen molar-refractivity contribution < 1.29 is 9.59 Å². The number of rotatable bonds is 3. The lowest BCUT2D eigenvalue weighted by molar-refractivity contribution is -0.125. The minimum atomic E-state index is -0.424. The van der Waals surface area contributed by atoms with E-state index in [0.29, 0.717) is 4.88 Å². The minimum Gasteiger partial charge on any atom is -0.299 e. The molecule has 0 aliphatic heterocycles. The van der Waals surface area contributed by atoms with E-state index in [9.17, 15) is 9.59 Å². The van der Waals surface area contributed by atoms with Gasteiger partial charge in [-0.1, -0.05) is 26.8 Å². The summed E-state index contributed by atoms with van der Waals surface area (Å²) in [6, 6.07) is 3.57. The van der Waals surface area contributed by atoms with E-state index in [2.05, 4.69) is 0 Å². The highest BCUT2D eigenvalue weighted by molar-refractivity contribution is 7.12. The van der Waals surface area contributed by atoms with E-state index in [0.717, 1.165) is 0 Å². The maximum Gasteiger partial charge on any atom is 0.180 e. The molecule has 76 valence electrons. The molecule has 0 saturated carbocycles. The summed E-state index contributed by atoms with van der Waals surface area (Å²) in [7, 11) is 0.